The average molecular weight is 253 g/mol. The van der Waals surface area contributed by atoms with E-state index in [9.17, 15) is 0 Å². The van der Waals surface area contributed by atoms with Gasteiger partial charge < -0.3 is 9.80 Å². The zero-order chi connectivity index (χ0) is 12.4. The number of nitrogens with zero attached hydrogens (tertiary/aromatic N) is 4. The molecule has 1 saturated heterocycles. The molecule has 0 saturated carbocycles. The zero-order valence-corrected chi connectivity index (χ0v) is 11.0. The molecule has 2 rings (SSSR count). The number of allylic oxidation sites excluding steroid dienone is 1. The lowest BCUT2D eigenvalue weighted by molar-refractivity contribution is 0.321. The van der Waals surface area contributed by atoms with Crippen LogP contribution >= 0.6 is 11.6 Å². The molecule has 92 valence electrons. The second-order valence-corrected chi connectivity index (χ2v) is 4.73. The van der Waals surface area contributed by atoms with Crippen molar-refractivity contribution in [2.75, 3.05) is 31.1 Å². The normalized spacial score (nSPS) is 16.2. The molecule has 1 aliphatic rings. The number of hydrogen-bond acceptors (Lipinski definition) is 4. The minimum Gasteiger partial charge on any atom is -0.372 e. The molecule has 0 N–H and O–H groups in total. The fourth-order valence-corrected chi connectivity index (χ4v) is 2.18. The van der Waals surface area contributed by atoms with E-state index in [1.807, 2.05) is 13.8 Å². The summed E-state index contributed by atoms with van der Waals surface area (Å²) in [6, 6.07) is 1.77. The van der Waals surface area contributed by atoms with Crippen LogP contribution in [0.25, 0.3) is 0 Å². The third-order valence-corrected chi connectivity index (χ3v) is 3.11. The summed E-state index contributed by atoms with van der Waals surface area (Å²) in [6.45, 7) is 11.7. The second kappa shape index (κ2) is 4.92. The maximum Gasteiger partial charge on any atom is 0.227 e. The van der Waals surface area contributed by atoms with Crippen LogP contribution in [0, 0.1) is 6.92 Å². The van der Waals surface area contributed by atoms with Crippen LogP contribution in [0.2, 0.25) is 5.15 Å². The summed E-state index contributed by atoms with van der Waals surface area (Å²) in [5.41, 5.74) is 2.02. The number of aryl methyl sites for hydroxylation is 1. The quantitative estimate of drug-likeness (QED) is 0.755. The van der Waals surface area contributed by atoms with Gasteiger partial charge in [0.1, 0.15) is 5.15 Å². The summed E-state index contributed by atoms with van der Waals surface area (Å²) in [5.74, 6) is 0.733. The van der Waals surface area contributed by atoms with Gasteiger partial charge in [-0.15, -0.1) is 0 Å². The molecule has 5 heteroatoms. The Bertz CT molecular complexity index is 404. The minimum absolute atomic E-state index is 0.509. The molecule has 1 aliphatic heterocycles. The molecular formula is C12H17ClN4. The van der Waals surface area contributed by atoms with E-state index in [0.29, 0.717) is 5.15 Å². The van der Waals surface area contributed by atoms with E-state index in [4.69, 9.17) is 11.6 Å². The van der Waals surface area contributed by atoms with E-state index in [1.165, 1.54) is 0 Å². The van der Waals surface area contributed by atoms with Crippen LogP contribution in [0.5, 0.6) is 0 Å². The Hall–Kier alpha value is -1.29. The van der Waals surface area contributed by atoms with Crippen molar-refractivity contribution in [2.24, 2.45) is 0 Å². The molecule has 1 fully saturated rings. The number of piperazine rings is 1. The first-order chi connectivity index (χ1) is 8.06. The van der Waals surface area contributed by atoms with Gasteiger partial charge in [0.2, 0.25) is 5.95 Å². The van der Waals surface area contributed by atoms with Gasteiger partial charge in [-0.2, -0.15) is 0 Å². The molecule has 1 aromatic heterocycles. The SMILES string of the molecule is C=C(C)N1CCN(c2nc(C)cc(Cl)n2)CC1. The summed E-state index contributed by atoms with van der Waals surface area (Å²) in [6.07, 6.45) is 0. The molecule has 0 unspecified atom stereocenters. The fraction of sp³-hybridized carbons (Fsp3) is 0.500. The van der Waals surface area contributed by atoms with E-state index in [-0.39, 0.29) is 0 Å². The Morgan fingerprint density at radius 1 is 1.29 bits per heavy atom. The Balaban J connectivity index is 2.07. The standard InChI is InChI=1S/C12H17ClN4/c1-9(2)16-4-6-17(7-5-16)12-14-10(3)8-11(13)15-12/h8H,1,4-7H2,2-3H3. The van der Waals surface area contributed by atoms with Gasteiger partial charge in [-0.1, -0.05) is 18.2 Å². The molecular weight excluding hydrogens is 236 g/mol. The first-order valence-electron chi connectivity index (χ1n) is 5.73. The first kappa shape index (κ1) is 12.2. The lowest BCUT2D eigenvalue weighted by Gasteiger charge is -2.36. The summed E-state index contributed by atoms with van der Waals surface area (Å²) >= 11 is 5.95. The van der Waals surface area contributed by atoms with Crippen LogP contribution in [-0.2, 0) is 0 Å². The molecule has 0 aromatic carbocycles. The van der Waals surface area contributed by atoms with Crippen LogP contribution in [0.1, 0.15) is 12.6 Å². The van der Waals surface area contributed by atoms with Gasteiger partial charge in [0, 0.05) is 37.6 Å². The highest BCUT2D eigenvalue weighted by Gasteiger charge is 2.18. The highest BCUT2D eigenvalue weighted by atomic mass is 35.5. The van der Waals surface area contributed by atoms with E-state index in [2.05, 4.69) is 26.3 Å². The van der Waals surface area contributed by atoms with Crippen molar-refractivity contribution in [3.8, 4) is 0 Å². The number of halogens is 1. The van der Waals surface area contributed by atoms with E-state index in [1.54, 1.807) is 6.07 Å². The van der Waals surface area contributed by atoms with Crippen LogP contribution in [0.4, 0.5) is 5.95 Å². The smallest absolute Gasteiger partial charge is 0.227 e. The number of aromatic nitrogens is 2. The number of hydrogen-bond donors (Lipinski definition) is 0. The Kier molecular flexibility index (Phi) is 3.52. The molecule has 0 spiro atoms. The van der Waals surface area contributed by atoms with Gasteiger partial charge in [-0.25, -0.2) is 9.97 Å². The highest BCUT2D eigenvalue weighted by molar-refractivity contribution is 6.29. The predicted octanol–water partition coefficient (Wildman–Crippen LogP) is 2.09. The van der Waals surface area contributed by atoms with Crippen molar-refractivity contribution in [2.45, 2.75) is 13.8 Å². The summed E-state index contributed by atoms with van der Waals surface area (Å²) in [4.78, 5) is 13.1. The van der Waals surface area contributed by atoms with Gasteiger partial charge in [0.25, 0.3) is 0 Å². The topological polar surface area (TPSA) is 32.3 Å². The van der Waals surface area contributed by atoms with Crippen LogP contribution < -0.4 is 4.90 Å². The van der Waals surface area contributed by atoms with Crippen molar-refractivity contribution < 1.29 is 0 Å². The van der Waals surface area contributed by atoms with Crippen LogP contribution in [0.15, 0.2) is 18.3 Å². The molecule has 0 amide bonds. The molecule has 0 bridgehead atoms. The largest absolute Gasteiger partial charge is 0.372 e. The predicted molar refractivity (Wildman–Crippen MR) is 70.4 cm³/mol. The van der Waals surface area contributed by atoms with Crippen molar-refractivity contribution >= 4 is 17.5 Å². The molecule has 2 heterocycles. The van der Waals surface area contributed by atoms with Gasteiger partial charge in [0.05, 0.1) is 0 Å². The third kappa shape index (κ3) is 2.88. The van der Waals surface area contributed by atoms with E-state index in [0.717, 1.165) is 43.5 Å². The Morgan fingerprint density at radius 2 is 1.94 bits per heavy atom. The van der Waals surface area contributed by atoms with Gasteiger partial charge in [0.15, 0.2) is 0 Å². The second-order valence-electron chi connectivity index (χ2n) is 4.34. The molecule has 4 nitrogen and oxygen atoms in total. The lowest BCUT2D eigenvalue weighted by atomic mass is 10.3. The highest BCUT2D eigenvalue weighted by Crippen LogP contribution is 2.16. The Labute approximate surface area is 107 Å². The zero-order valence-electron chi connectivity index (χ0n) is 10.3. The van der Waals surface area contributed by atoms with Gasteiger partial charge in [-0.3, -0.25) is 0 Å². The maximum atomic E-state index is 5.95. The van der Waals surface area contributed by atoms with Gasteiger partial charge in [-0.05, 0) is 19.9 Å². The van der Waals surface area contributed by atoms with E-state index < -0.39 is 0 Å². The summed E-state index contributed by atoms with van der Waals surface area (Å²) < 4.78 is 0. The Morgan fingerprint density at radius 3 is 2.47 bits per heavy atom. The summed E-state index contributed by atoms with van der Waals surface area (Å²) in [7, 11) is 0. The first-order valence-corrected chi connectivity index (χ1v) is 6.10. The van der Waals surface area contributed by atoms with Crippen LogP contribution in [0.3, 0.4) is 0 Å². The molecule has 0 radical (unpaired) electrons. The van der Waals surface area contributed by atoms with E-state index >= 15 is 0 Å². The third-order valence-electron chi connectivity index (χ3n) is 2.91. The number of rotatable bonds is 2. The molecule has 1 aromatic rings. The van der Waals surface area contributed by atoms with Crippen molar-refractivity contribution in [1.29, 1.82) is 0 Å². The molecule has 17 heavy (non-hydrogen) atoms. The maximum absolute atomic E-state index is 5.95. The van der Waals surface area contributed by atoms with Crippen molar-refractivity contribution in [3.63, 3.8) is 0 Å². The monoisotopic (exact) mass is 252 g/mol. The summed E-state index contributed by atoms with van der Waals surface area (Å²) in [5, 5.41) is 0.509. The van der Waals surface area contributed by atoms with Crippen molar-refractivity contribution in [1.82, 2.24) is 14.9 Å². The molecule has 0 atom stereocenters. The fourth-order valence-electron chi connectivity index (χ4n) is 1.94. The lowest BCUT2D eigenvalue weighted by Crippen LogP contribution is -2.46. The molecule has 0 aliphatic carbocycles. The van der Waals surface area contributed by atoms with Crippen LogP contribution in [-0.4, -0.2) is 41.0 Å². The average Bonchev–Trinajstić information content (AvgIpc) is 2.28. The minimum atomic E-state index is 0.509. The number of anilines is 1. The van der Waals surface area contributed by atoms with Crippen molar-refractivity contribution in [3.05, 3.63) is 29.2 Å². The van der Waals surface area contributed by atoms with Gasteiger partial charge >= 0.3 is 0 Å².